The van der Waals surface area contributed by atoms with Crippen molar-refractivity contribution in [3.05, 3.63) is 59.7 Å². The first kappa shape index (κ1) is 16.1. The van der Waals surface area contributed by atoms with Crippen LogP contribution in [0.1, 0.15) is 17.4 Å². The summed E-state index contributed by atoms with van der Waals surface area (Å²) in [6, 6.07) is 13.4. The van der Waals surface area contributed by atoms with Gasteiger partial charge >= 0.3 is 0 Å². The maximum absolute atomic E-state index is 13.0. The Hall–Kier alpha value is -2.73. The molecule has 0 bridgehead atoms. The molecule has 0 saturated carbocycles. The first-order chi connectivity index (χ1) is 11.7. The van der Waals surface area contributed by atoms with E-state index in [9.17, 15) is 4.79 Å². The molecule has 1 aromatic carbocycles. The lowest BCUT2D eigenvalue weighted by molar-refractivity contribution is 0.0980. The number of amides is 1. The van der Waals surface area contributed by atoms with Crippen LogP contribution in [-0.2, 0) is 0 Å². The number of para-hydroxylation sites is 1. The zero-order valence-electron chi connectivity index (χ0n) is 13.5. The van der Waals surface area contributed by atoms with Crippen molar-refractivity contribution in [3.8, 4) is 16.5 Å². The van der Waals surface area contributed by atoms with Gasteiger partial charge in [0.05, 0.1) is 18.2 Å². The van der Waals surface area contributed by atoms with E-state index in [0.717, 1.165) is 10.6 Å². The van der Waals surface area contributed by atoms with Crippen LogP contribution < -0.4 is 9.64 Å². The molecule has 2 aromatic heterocycles. The van der Waals surface area contributed by atoms with Crippen LogP contribution in [0.3, 0.4) is 0 Å². The Kier molecular flexibility index (Phi) is 4.86. The average Bonchev–Trinajstić information content (AvgIpc) is 3.17. The van der Waals surface area contributed by atoms with E-state index in [4.69, 9.17) is 4.74 Å². The fourth-order valence-corrected chi connectivity index (χ4v) is 3.04. The average molecular weight is 339 g/mol. The van der Waals surface area contributed by atoms with E-state index in [1.807, 2.05) is 54.8 Å². The molecule has 0 fully saturated rings. The number of methoxy groups -OCH3 is 1. The Morgan fingerprint density at radius 2 is 2.00 bits per heavy atom. The topological polar surface area (TPSA) is 55.3 Å². The van der Waals surface area contributed by atoms with Crippen molar-refractivity contribution in [2.75, 3.05) is 18.6 Å². The molecule has 24 heavy (non-hydrogen) atoms. The fourth-order valence-electron chi connectivity index (χ4n) is 2.38. The highest BCUT2D eigenvalue weighted by atomic mass is 32.1. The summed E-state index contributed by atoms with van der Waals surface area (Å²) >= 11 is 1.53. The van der Waals surface area contributed by atoms with Gasteiger partial charge < -0.3 is 9.64 Å². The molecule has 0 saturated heterocycles. The summed E-state index contributed by atoms with van der Waals surface area (Å²) in [4.78, 5) is 24.4. The predicted molar refractivity (Wildman–Crippen MR) is 95.7 cm³/mol. The molecular formula is C18H17N3O2S. The summed E-state index contributed by atoms with van der Waals surface area (Å²) < 4.78 is 5.30. The van der Waals surface area contributed by atoms with E-state index in [1.165, 1.54) is 18.4 Å². The maximum atomic E-state index is 13.0. The van der Waals surface area contributed by atoms with Crippen molar-refractivity contribution < 1.29 is 9.53 Å². The highest BCUT2D eigenvalue weighted by molar-refractivity contribution is 7.13. The second kappa shape index (κ2) is 7.23. The van der Waals surface area contributed by atoms with Gasteiger partial charge in [-0.25, -0.2) is 9.97 Å². The first-order valence-electron chi connectivity index (χ1n) is 7.56. The molecule has 5 nitrogen and oxygen atoms in total. The maximum Gasteiger partial charge on any atom is 0.280 e. The SMILES string of the molecule is CCN(C(=O)c1nc(-c2cccs2)ncc1OC)c1ccccc1. The molecule has 0 aliphatic heterocycles. The normalized spacial score (nSPS) is 10.4. The number of rotatable bonds is 5. The van der Waals surface area contributed by atoms with E-state index < -0.39 is 0 Å². The Morgan fingerprint density at radius 1 is 1.21 bits per heavy atom. The summed E-state index contributed by atoms with van der Waals surface area (Å²) in [5.74, 6) is 0.689. The van der Waals surface area contributed by atoms with E-state index in [2.05, 4.69) is 9.97 Å². The number of hydrogen-bond donors (Lipinski definition) is 0. The van der Waals surface area contributed by atoms with Gasteiger partial charge in [0.25, 0.3) is 5.91 Å². The minimum atomic E-state index is -0.208. The van der Waals surface area contributed by atoms with Gasteiger partial charge in [0.15, 0.2) is 17.3 Å². The number of thiophene rings is 1. The van der Waals surface area contributed by atoms with Gasteiger partial charge in [-0.3, -0.25) is 4.79 Å². The minimum absolute atomic E-state index is 0.208. The number of hydrogen-bond acceptors (Lipinski definition) is 5. The van der Waals surface area contributed by atoms with E-state index in [0.29, 0.717) is 18.1 Å². The van der Waals surface area contributed by atoms with E-state index in [-0.39, 0.29) is 11.6 Å². The van der Waals surface area contributed by atoms with Crippen molar-refractivity contribution >= 4 is 22.9 Å². The second-order valence-electron chi connectivity index (χ2n) is 4.97. The predicted octanol–water partition coefficient (Wildman–Crippen LogP) is 3.88. The van der Waals surface area contributed by atoms with Crippen LogP contribution >= 0.6 is 11.3 Å². The van der Waals surface area contributed by atoms with Gasteiger partial charge in [-0.15, -0.1) is 11.3 Å². The molecule has 0 atom stereocenters. The molecule has 0 N–H and O–H groups in total. The molecule has 0 aliphatic carbocycles. The summed E-state index contributed by atoms with van der Waals surface area (Å²) in [7, 11) is 1.51. The number of ether oxygens (including phenoxy) is 1. The number of carbonyl (C=O) groups is 1. The van der Waals surface area contributed by atoms with Crippen LogP contribution in [0.15, 0.2) is 54.0 Å². The highest BCUT2D eigenvalue weighted by Crippen LogP contribution is 2.26. The third-order valence-electron chi connectivity index (χ3n) is 3.55. The van der Waals surface area contributed by atoms with E-state index >= 15 is 0 Å². The quantitative estimate of drug-likeness (QED) is 0.708. The monoisotopic (exact) mass is 339 g/mol. The fraction of sp³-hybridized carbons (Fsp3) is 0.167. The van der Waals surface area contributed by atoms with Crippen molar-refractivity contribution in [1.82, 2.24) is 9.97 Å². The molecule has 2 heterocycles. The Labute approximate surface area is 144 Å². The molecule has 6 heteroatoms. The lowest BCUT2D eigenvalue weighted by atomic mass is 10.2. The van der Waals surface area contributed by atoms with Crippen LogP contribution in [-0.4, -0.2) is 29.5 Å². The van der Waals surface area contributed by atoms with Gasteiger partial charge in [-0.05, 0) is 30.5 Å². The van der Waals surface area contributed by atoms with Crippen molar-refractivity contribution in [3.63, 3.8) is 0 Å². The third-order valence-corrected chi connectivity index (χ3v) is 4.41. The largest absolute Gasteiger partial charge is 0.493 e. The van der Waals surface area contributed by atoms with Crippen LogP contribution in [0.2, 0.25) is 0 Å². The Morgan fingerprint density at radius 3 is 2.62 bits per heavy atom. The Bertz CT molecular complexity index is 820. The molecule has 122 valence electrons. The van der Waals surface area contributed by atoms with Gasteiger partial charge in [0.2, 0.25) is 0 Å². The molecular weight excluding hydrogens is 322 g/mol. The summed E-state index contributed by atoms with van der Waals surface area (Å²) in [5.41, 5.74) is 1.09. The smallest absolute Gasteiger partial charge is 0.280 e. The number of nitrogens with zero attached hydrogens (tertiary/aromatic N) is 3. The molecule has 0 unspecified atom stereocenters. The van der Waals surface area contributed by atoms with Crippen LogP contribution in [0.25, 0.3) is 10.7 Å². The zero-order valence-corrected chi connectivity index (χ0v) is 14.3. The van der Waals surface area contributed by atoms with Crippen LogP contribution in [0.5, 0.6) is 5.75 Å². The number of anilines is 1. The number of aromatic nitrogens is 2. The molecule has 3 aromatic rings. The lowest BCUT2D eigenvalue weighted by Gasteiger charge is -2.21. The molecule has 3 rings (SSSR count). The summed E-state index contributed by atoms with van der Waals surface area (Å²) in [6.45, 7) is 2.46. The van der Waals surface area contributed by atoms with Gasteiger partial charge in [-0.1, -0.05) is 24.3 Å². The standard InChI is InChI=1S/C18H17N3O2S/c1-3-21(13-8-5-4-6-9-13)18(22)16-14(23-2)12-19-17(20-16)15-10-7-11-24-15/h4-12H,3H2,1-2H3. The lowest BCUT2D eigenvalue weighted by Crippen LogP contribution is -2.31. The number of carbonyl (C=O) groups excluding carboxylic acids is 1. The van der Waals surface area contributed by atoms with Gasteiger partial charge in [0.1, 0.15) is 0 Å². The second-order valence-corrected chi connectivity index (χ2v) is 5.92. The summed E-state index contributed by atoms with van der Waals surface area (Å²) in [5, 5.41) is 1.95. The molecule has 0 spiro atoms. The molecule has 0 aliphatic rings. The van der Waals surface area contributed by atoms with Crippen molar-refractivity contribution in [2.45, 2.75) is 6.92 Å². The van der Waals surface area contributed by atoms with Crippen LogP contribution in [0.4, 0.5) is 5.69 Å². The Balaban J connectivity index is 2.03. The molecule has 0 radical (unpaired) electrons. The van der Waals surface area contributed by atoms with E-state index in [1.54, 1.807) is 11.1 Å². The first-order valence-corrected chi connectivity index (χ1v) is 8.44. The minimum Gasteiger partial charge on any atom is -0.493 e. The van der Waals surface area contributed by atoms with Crippen molar-refractivity contribution in [1.29, 1.82) is 0 Å². The van der Waals surface area contributed by atoms with Gasteiger partial charge in [-0.2, -0.15) is 0 Å². The zero-order chi connectivity index (χ0) is 16.9. The highest BCUT2D eigenvalue weighted by Gasteiger charge is 2.23. The van der Waals surface area contributed by atoms with Crippen molar-refractivity contribution in [2.24, 2.45) is 0 Å². The number of benzene rings is 1. The van der Waals surface area contributed by atoms with Gasteiger partial charge in [0, 0.05) is 12.2 Å². The third kappa shape index (κ3) is 3.14. The van der Waals surface area contributed by atoms with Crippen LogP contribution in [0, 0.1) is 0 Å². The summed E-state index contributed by atoms with van der Waals surface area (Å²) in [6.07, 6.45) is 1.55. The molecule has 1 amide bonds.